The molecule has 1 amide bonds. The summed E-state index contributed by atoms with van der Waals surface area (Å²) in [5.74, 6) is -0.548. The first-order valence-corrected chi connectivity index (χ1v) is 9.04. The highest BCUT2D eigenvalue weighted by Gasteiger charge is 2.16. The number of halogens is 1. The minimum atomic E-state index is -0.587. The SMILES string of the molecule is O=C(Nc1ccc(NC(=S)Nc2cccnc2)cc1)c1cc([N+](=O)[O-])ccc1Cl. The molecule has 3 N–H and O–H groups in total. The second kappa shape index (κ2) is 9.09. The number of amides is 1. The molecule has 0 fully saturated rings. The number of carbonyl (C=O) groups excluding carboxylic acids is 1. The number of thiocarbonyl (C=S) groups is 1. The van der Waals surface area contributed by atoms with Crippen molar-refractivity contribution in [3.8, 4) is 0 Å². The number of rotatable bonds is 5. The lowest BCUT2D eigenvalue weighted by Gasteiger charge is -2.11. The molecule has 0 spiro atoms. The third-order valence-electron chi connectivity index (χ3n) is 3.73. The third-order valence-corrected chi connectivity index (χ3v) is 4.26. The molecule has 0 bridgehead atoms. The average Bonchev–Trinajstić information content (AvgIpc) is 2.70. The van der Waals surface area contributed by atoms with Crippen molar-refractivity contribution in [3.63, 3.8) is 0 Å². The number of non-ortho nitro benzene ring substituents is 1. The Bertz CT molecular complexity index is 1060. The number of hydrogen-bond acceptors (Lipinski definition) is 5. The van der Waals surface area contributed by atoms with Gasteiger partial charge in [-0.25, -0.2) is 0 Å². The molecule has 3 aromatic rings. The van der Waals surface area contributed by atoms with E-state index in [1.54, 1.807) is 42.7 Å². The van der Waals surface area contributed by atoms with Gasteiger partial charge in [0, 0.05) is 29.7 Å². The summed E-state index contributed by atoms with van der Waals surface area (Å²) >= 11 is 11.2. The predicted octanol–water partition coefficient (Wildman–Crippen LogP) is 4.70. The molecule has 8 nitrogen and oxygen atoms in total. The zero-order valence-corrected chi connectivity index (χ0v) is 16.3. The maximum absolute atomic E-state index is 12.4. The average molecular weight is 428 g/mol. The Kier molecular flexibility index (Phi) is 6.32. The monoisotopic (exact) mass is 427 g/mol. The smallest absolute Gasteiger partial charge is 0.270 e. The lowest BCUT2D eigenvalue weighted by molar-refractivity contribution is -0.384. The molecule has 0 unspecified atom stereocenters. The number of pyridine rings is 1. The van der Waals surface area contributed by atoms with Gasteiger partial charge in [-0.3, -0.25) is 19.9 Å². The molecule has 0 aliphatic rings. The molecule has 2 aromatic carbocycles. The van der Waals surface area contributed by atoms with Crippen LogP contribution in [0.15, 0.2) is 67.0 Å². The maximum Gasteiger partial charge on any atom is 0.270 e. The van der Waals surface area contributed by atoms with Crippen LogP contribution in [0.4, 0.5) is 22.7 Å². The molecule has 3 rings (SSSR count). The number of hydrogen-bond donors (Lipinski definition) is 3. The van der Waals surface area contributed by atoms with Crippen LogP contribution >= 0.6 is 23.8 Å². The maximum atomic E-state index is 12.4. The van der Waals surface area contributed by atoms with E-state index >= 15 is 0 Å². The molecule has 1 aromatic heterocycles. The number of aromatic nitrogens is 1. The third kappa shape index (κ3) is 5.47. The first kappa shape index (κ1) is 20.2. The van der Waals surface area contributed by atoms with Crippen LogP contribution in [0.3, 0.4) is 0 Å². The van der Waals surface area contributed by atoms with Gasteiger partial charge >= 0.3 is 0 Å². The molecule has 0 aliphatic carbocycles. The molecule has 146 valence electrons. The molecule has 1 heterocycles. The zero-order chi connectivity index (χ0) is 20.8. The number of nitro benzene ring substituents is 1. The van der Waals surface area contributed by atoms with Crippen molar-refractivity contribution in [2.75, 3.05) is 16.0 Å². The van der Waals surface area contributed by atoms with Gasteiger partial charge in [0.1, 0.15) is 0 Å². The second-order valence-corrected chi connectivity index (χ2v) is 6.59. The zero-order valence-electron chi connectivity index (χ0n) is 14.8. The van der Waals surface area contributed by atoms with Gasteiger partial charge in [0.25, 0.3) is 11.6 Å². The van der Waals surface area contributed by atoms with E-state index in [4.69, 9.17) is 23.8 Å². The highest BCUT2D eigenvalue weighted by atomic mass is 35.5. The Morgan fingerprint density at radius 2 is 1.66 bits per heavy atom. The van der Waals surface area contributed by atoms with Crippen molar-refractivity contribution >= 4 is 57.6 Å². The van der Waals surface area contributed by atoms with Crippen molar-refractivity contribution in [1.29, 1.82) is 0 Å². The number of nitrogens with one attached hydrogen (secondary N) is 3. The molecule has 0 saturated carbocycles. The Labute approximate surface area is 176 Å². The number of benzene rings is 2. The fraction of sp³-hybridized carbons (Fsp3) is 0. The summed E-state index contributed by atoms with van der Waals surface area (Å²) < 4.78 is 0. The van der Waals surface area contributed by atoms with Gasteiger partial charge in [0.15, 0.2) is 5.11 Å². The number of anilines is 3. The molecule has 0 aliphatic heterocycles. The van der Waals surface area contributed by atoms with Crippen LogP contribution < -0.4 is 16.0 Å². The number of nitro groups is 1. The fourth-order valence-corrected chi connectivity index (χ4v) is 2.81. The summed E-state index contributed by atoms with van der Waals surface area (Å²) in [6.07, 6.45) is 3.31. The second-order valence-electron chi connectivity index (χ2n) is 5.77. The molecule has 0 saturated heterocycles. The van der Waals surface area contributed by atoms with Gasteiger partial charge in [-0.1, -0.05) is 11.6 Å². The Morgan fingerprint density at radius 3 is 2.28 bits per heavy atom. The normalized spacial score (nSPS) is 10.1. The summed E-state index contributed by atoms with van der Waals surface area (Å²) in [5, 5.41) is 20.1. The molecule has 0 radical (unpaired) electrons. The molecule has 29 heavy (non-hydrogen) atoms. The number of nitrogens with zero attached hydrogens (tertiary/aromatic N) is 2. The van der Waals surface area contributed by atoms with Crippen LogP contribution in [0.1, 0.15) is 10.4 Å². The van der Waals surface area contributed by atoms with Crippen LogP contribution in [0, 0.1) is 10.1 Å². The van der Waals surface area contributed by atoms with Gasteiger partial charge in [-0.05, 0) is 54.7 Å². The van der Waals surface area contributed by atoms with Gasteiger partial charge < -0.3 is 16.0 Å². The van der Waals surface area contributed by atoms with Crippen LogP contribution in [0.2, 0.25) is 5.02 Å². The molecule has 0 atom stereocenters. The van der Waals surface area contributed by atoms with E-state index in [0.717, 1.165) is 11.8 Å². The van der Waals surface area contributed by atoms with Crippen molar-refractivity contribution < 1.29 is 9.72 Å². The summed E-state index contributed by atoms with van der Waals surface area (Å²) in [4.78, 5) is 26.7. The Hall–Kier alpha value is -3.56. The highest BCUT2D eigenvalue weighted by molar-refractivity contribution is 7.80. The van der Waals surface area contributed by atoms with Gasteiger partial charge in [-0.15, -0.1) is 0 Å². The van der Waals surface area contributed by atoms with E-state index in [9.17, 15) is 14.9 Å². The first-order chi connectivity index (χ1) is 13.9. The summed E-state index contributed by atoms with van der Waals surface area (Å²) in [6, 6.07) is 14.1. The topological polar surface area (TPSA) is 109 Å². The van der Waals surface area contributed by atoms with Crippen molar-refractivity contribution in [2.45, 2.75) is 0 Å². The standard InChI is InChI=1S/C19H14ClN5O3S/c20-17-8-7-15(25(27)28)10-16(17)18(26)22-12-3-5-13(6-4-12)23-19(29)24-14-2-1-9-21-11-14/h1-11H,(H,22,26)(H2,23,24,29). The van der Waals surface area contributed by atoms with Gasteiger partial charge in [0.05, 0.1) is 27.4 Å². The van der Waals surface area contributed by atoms with Crippen LogP contribution in [-0.2, 0) is 0 Å². The molecule has 10 heteroatoms. The quantitative estimate of drug-likeness (QED) is 0.307. The van der Waals surface area contributed by atoms with Crippen molar-refractivity contribution in [1.82, 2.24) is 4.98 Å². The lowest BCUT2D eigenvalue weighted by Crippen LogP contribution is -2.19. The molecular weight excluding hydrogens is 414 g/mol. The van der Waals surface area contributed by atoms with E-state index in [0.29, 0.717) is 16.5 Å². The van der Waals surface area contributed by atoms with Crippen molar-refractivity contribution in [3.05, 3.63) is 87.7 Å². The summed E-state index contributed by atoms with van der Waals surface area (Å²) in [5.41, 5.74) is 1.76. The summed E-state index contributed by atoms with van der Waals surface area (Å²) in [7, 11) is 0. The van der Waals surface area contributed by atoms with Crippen LogP contribution in [-0.4, -0.2) is 20.9 Å². The van der Waals surface area contributed by atoms with Gasteiger partial charge in [-0.2, -0.15) is 0 Å². The summed E-state index contributed by atoms with van der Waals surface area (Å²) in [6.45, 7) is 0. The Morgan fingerprint density at radius 1 is 1.00 bits per heavy atom. The highest BCUT2D eigenvalue weighted by Crippen LogP contribution is 2.23. The van der Waals surface area contributed by atoms with E-state index in [1.807, 2.05) is 6.07 Å². The van der Waals surface area contributed by atoms with Crippen LogP contribution in [0.5, 0.6) is 0 Å². The minimum Gasteiger partial charge on any atom is -0.332 e. The van der Waals surface area contributed by atoms with Crippen molar-refractivity contribution in [2.24, 2.45) is 0 Å². The minimum absolute atomic E-state index is 0.0184. The van der Waals surface area contributed by atoms with E-state index in [2.05, 4.69) is 20.9 Å². The molecular formula is C19H14ClN5O3S. The Balaban J connectivity index is 1.63. The van der Waals surface area contributed by atoms with Gasteiger partial charge in [0.2, 0.25) is 0 Å². The first-order valence-electron chi connectivity index (χ1n) is 8.26. The lowest BCUT2D eigenvalue weighted by atomic mass is 10.2. The van der Waals surface area contributed by atoms with Crippen LogP contribution in [0.25, 0.3) is 0 Å². The van der Waals surface area contributed by atoms with E-state index in [-0.39, 0.29) is 16.3 Å². The van der Waals surface area contributed by atoms with E-state index < -0.39 is 10.8 Å². The predicted molar refractivity (Wildman–Crippen MR) is 117 cm³/mol. The number of carbonyl (C=O) groups is 1. The fourth-order valence-electron chi connectivity index (χ4n) is 2.37. The van der Waals surface area contributed by atoms with E-state index in [1.165, 1.54) is 12.1 Å². The largest absolute Gasteiger partial charge is 0.332 e.